The second-order valence-electron chi connectivity index (χ2n) is 4.90. The normalized spacial score (nSPS) is 16.2. The Bertz CT molecular complexity index is 417. The number of likely N-dealkylation sites (tertiary alicyclic amines) is 1. The van der Waals surface area contributed by atoms with Crippen molar-refractivity contribution in [1.82, 2.24) is 10.2 Å². The molecule has 0 spiro atoms. The van der Waals surface area contributed by atoms with Crippen molar-refractivity contribution in [2.24, 2.45) is 0 Å². The molecule has 0 aliphatic carbocycles. The molecule has 106 valence electrons. The molecule has 2 rings (SSSR count). The number of halogens is 3. The SMILES string of the molecule is Clc1ccc(Cl)c(CNCCCN2CCCC2)c1Cl. The van der Waals surface area contributed by atoms with Gasteiger partial charge >= 0.3 is 0 Å². The second kappa shape index (κ2) is 7.70. The van der Waals surface area contributed by atoms with Crippen LogP contribution in [0.5, 0.6) is 0 Å². The van der Waals surface area contributed by atoms with Crippen molar-refractivity contribution in [1.29, 1.82) is 0 Å². The highest BCUT2D eigenvalue weighted by atomic mass is 35.5. The van der Waals surface area contributed by atoms with Gasteiger partial charge in [-0.15, -0.1) is 0 Å². The van der Waals surface area contributed by atoms with Crippen LogP contribution in [0.3, 0.4) is 0 Å². The molecule has 1 aromatic rings. The number of nitrogens with zero attached hydrogens (tertiary/aromatic N) is 1. The van der Waals surface area contributed by atoms with Crippen LogP contribution in [0.4, 0.5) is 0 Å². The standard InChI is InChI=1S/C14H19Cl3N2/c15-12-4-5-13(16)14(17)11(12)10-18-6-3-9-19-7-1-2-8-19/h4-5,18H,1-3,6-10H2. The van der Waals surface area contributed by atoms with E-state index in [9.17, 15) is 0 Å². The molecule has 0 saturated carbocycles. The minimum Gasteiger partial charge on any atom is -0.313 e. The first-order valence-electron chi connectivity index (χ1n) is 6.74. The third-order valence-electron chi connectivity index (χ3n) is 3.47. The van der Waals surface area contributed by atoms with E-state index < -0.39 is 0 Å². The fraction of sp³-hybridized carbons (Fsp3) is 0.571. The topological polar surface area (TPSA) is 15.3 Å². The van der Waals surface area contributed by atoms with Gasteiger partial charge in [0, 0.05) is 17.1 Å². The van der Waals surface area contributed by atoms with Crippen LogP contribution in [-0.4, -0.2) is 31.1 Å². The van der Waals surface area contributed by atoms with Crippen LogP contribution in [0.1, 0.15) is 24.8 Å². The fourth-order valence-corrected chi connectivity index (χ4v) is 3.06. The molecule has 1 saturated heterocycles. The molecular weight excluding hydrogens is 303 g/mol. The van der Waals surface area contributed by atoms with E-state index in [1.54, 1.807) is 12.1 Å². The third-order valence-corrected chi connectivity index (χ3v) is 4.66. The molecule has 1 N–H and O–H groups in total. The summed E-state index contributed by atoms with van der Waals surface area (Å²) in [5.74, 6) is 0. The molecule has 0 atom stereocenters. The molecule has 2 nitrogen and oxygen atoms in total. The van der Waals surface area contributed by atoms with Gasteiger partial charge in [0.05, 0.1) is 10.0 Å². The maximum atomic E-state index is 6.15. The molecule has 0 radical (unpaired) electrons. The van der Waals surface area contributed by atoms with E-state index in [-0.39, 0.29) is 0 Å². The minimum absolute atomic E-state index is 0.555. The highest BCUT2D eigenvalue weighted by Crippen LogP contribution is 2.31. The molecule has 0 bridgehead atoms. The Hall–Kier alpha value is 0.01000. The van der Waals surface area contributed by atoms with Gasteiger partial charge in [0.15, 0.2) is 0 Å². The summed E-state index contributed by atoms with van der Waals surface area (Å²) in [5.41, 5.74) is 0.886. The van der Waals surface area contributed by atoms with Crippen molar-refractivity contribution in [3.05, 3.63) is 32.8 Å². The molecule has 1 aliphatic heterocycles. The summed E-state index contributed by atoms with van der Waals surface area (Å²) in [5, 5.41) is 5.16. The number of nitrogens with one attached hydrogen (secondary N) is 1. The van der Waals surface area contributed by atoms with Crippen molar-refractivity contribution in [3.63, 3.8) is 0 Å². The van der Waals surface area contributed by atoms with Crippen LogP contribution in [0.15, 0.2) is 12.1 Å². The Balaban J connectivity index is 1.72. The van der Waals surface area contributed by atoms with Gasteiger partial charge in [-0.05, 0) is 57.6 Å². The highest BCUT2D eigenvalue weighted by molar-refractivity contribution is 6.44. The predicted molar refractivity (Wildman–Crippen MR) is 83.5 cm³/mol. The Labute approximate surface area is 130 Å². The van der Waals surface area contributed by atoms with Crippen LogP contribution in [0, 0.1) is 0 Å². The maximum absolute atomic E-state index is 6.15. The highest BCUT2D eigenvalue weighted by Gasteiger charge is 2.11. The third kappa shape index (κ3) is 4.51. The van der Waals surface area contributed by atoms with Gasteiger partial charge in [0.1, 0.15) is 0 Å². The van der Waals surface area contributed by atoms with E-state index >= 15 is 0 Å². The lowest BCUT2D eigenvalue weighted by Gasteiger charge is -2.15. The first-order chi connectivity index (χ1) is 9.18. The van der Waals surface area contributed by atoms with Crippen LogP contribution in [-0.2, 0) is 6.54 Å². The van der Waals surface area contributed by atoms with Gasteiger partial charge in [-0.1, -0.05) is 34.8 Å². The number of benzene rings is 1. The molecular formula is C14H19Cl3N2. The molecule has 1 aliphatic rings. The molecule has 0 amide bonds. The zero-order valence-corrected chi connectivity index (χ0v) is 13.2. The predicted octanol–water partition coefficient (Wildman–Crippen LogP) is 4.22. The van der Waals surface area contributed by atoms with Crippen LogP contribution in [0.2, 0.25) is 15.1 Å². The maximum Gasteiger partial charge on any atom is 0.0652 e. The average molecular weight is 322 g/mol. The zero-order valence-electron chi connectivity index (χ0n) is 10.9. The Morgan fingerprint density at radius 1 is 1.05 bits per heavy atom. The molecule has 19 heavy (non-hydrogen) atoms. The van der Waals surface area contributed by atoms with E-state index in [0.29, 0.717) is 21.6 Å². The van der Waals surface area contributed by atoms with Gasteiger partial charge in [-0.2, -0.15) is 0 Å². The lowest BCUT2D eigenvalue weighted by Crippen LogP contribution is -2.24. The number of rotatable bonds is 6. The minimum atomic E-state index is 0.555. The number of hydrogen-bond acceptors (Lipinski definition) is 2. The van der Waals surface area contributed by atoms with E-state index in [1.807, 2.05) is 0 Å². The Morgan fingerprint density at radius 3 is 2.47 bits per heavy atom. The summed E-state index contributed by atoms with van der Waals surface area (Å²) >= 11 is 18.3. The Morgan fingerprint density at radius 2 is 1.74 bits per heavy atom. The van der Waals surface area contributed by atoms with E-state index in [4.69, 9.17) is 34.8 Å². The van der Waals surface area contributed by atoms with Crippen LogP contribution in [0.25, 0.3) is 0 Å². The van der Waals surface area contributed by atoms with Crippen molar-refractivity contribution in [2.45, 2.75) is 25.8 Å². The van der Waals surface area contributed by atoms with Gasteiger partial charge in [0.25, 0.3) is 0 Å². The van der Waals surface area contributed by atoms with Gasteiger partial charge in [-0.3, -0.25) is 0 Å². The van der Waals surface area contributed by atoms with Crippen molar-refractivity contribution >= 4 is 34.8 Å². The Kier molecular flexibility index (Phi) is 6.24. The molecule has 1 fully saturated rings. The summed E-state index contributed by atoms with van der Waals surface area (Å²) in [6.07, 6.45) is 3.85. The second-order valence-corrected chi connectivity index (χ2v) is 6.09. The molecule has 0 aromatic heterocycles. The van der Waals surface area contributed by atoms with Crippen molar-refractivity contribution in [2.75, 3.05) is 26.2 Å². The molecule has 0 unspecified atom stereocenters. The average Bonchev–Trinajstić information content (AvgIpc) is 2.90. The van der Waals surface area contributed by atoms with Crippen LogP contribution < -0.4 is 5.32 Å². The summed E-state index contributed by atoms with van der Waals surface area (Å²) in [4.78, 5) is 2.51. The summed E-state index contributed by atoms with van der Waals surface area (Å²) in [6, 6.07) is 3.51. The molecule has 1 heterocycles. The lowest BCUT2D eigenvalue weighted by molar-refractivity contribution is 0.331. The monoisotopic (exact) mass is 320 g/mol. The van der Waals surface area contributed by atoms with Crippen LogP contribution >= 0.6 is 34.8 Å². The molecule has 5 heteroatoms. The van der Waals surface area contributed by atoms with Crippen molar-refractivity contribution < 1.29 is 0 Å². The quantitative estimate of drug-likeness (QED) is 0.623. The number of hydrogen-bond donors (Lipinski definition) is 1. The largest absolute Gasteiger partial charge is 0.313 e. The summed E-state index contributed by atoms with van der Waals surface area (Å²) in [6.45, 7) is 5.32. The van der Waals surface area contributed by atoms with Gasteiger partial charge < -0.3 is 10.2 Å². The zero-order chi connectivity index (χ0) is 13.7. The smallest absolute Gasteiger partial charge is 0.0652 e. The van der Waals surface area contributed by atoms with E-state index in [1.165, 1.54) is 32.5 Å². The van der Waals surface area contributed by atoms with Crippen molar-refractivity contribution in [3.8, 4) is 0 Å². The fourth-order valence-electron chi connectivity index (χ4n) is 2.38. The first-order valence-corrected chi connectivity index (χ1v) is 7.87. The first kappa shape index (κ1) is 15.4. The molecule has 1 aromatic carbocycles. The lowest BCUT2D eigenvalue weighted by atomic mass is 10.2. The van der Waals surface area contributed by atoms with Gasteiger partial charge in [-0.25, -0.2) is 0 Å². The summed E-state index contributed by atoms with van der Waals surface area (Å²) in [7, 11) is 0. The van der Waals surface area contributed by atoms with E-state index in [0.717, 1.165) is 18.5 Å². The van der Waals surface area contributed by atoms with E-state index in [2.05, 4.69) is 10.2 Å². The van der Waals surface area contributed by atoms with Gasteiger partial charge in [0.2, 0.25) is 0 Å². The summed E-state index contributed by atoms with van der Waals surface area (Å²) < 4.78 is 0.